The van der Waals surface area contributed by atoms with E-state index in [1.165, 1.54) is 37.7 Å². The number of methoxy groups -OCH3 is 3. The number of carbonyl (C=O) groups excluding carboxylic acids is 1. The van der Waals surface area contributed by atoms with Crippen LogP contribution in [-0.4, -0.2) is 47.5 Å². The number of ether oxygens (including phenoxy) is 3. The molecule has 1 amide bonds. The van der Waals surface area contributed by atoms with Crippen LogP contribution in [0.25, 0.3) is 27.8 Å². The smallest absolute Gasteiger partial charge is 0.283 e. The third-order valence-corrected chi connectivity index (χ3v) is 7.26. The number of carbonyl (C=O) groups is 1. The lowest BCUT2D eigenvalue weighted by atomic mass is 10.1. The highest BCUT2D eigenvalue weighted by Crippen LogP contribution is 2.40. The van der Waals surface area contributed by atoms with Gasteiger partial charge in [-0.15, -0.1) is 0 Å². The van der Waals surface area contributed by atoms with Crippen LogP contribution in [0.3, 0.4) is 0 Å². The topological polar surface area (TPSA) is 107 Å². The number of fused-ring (bicyclic) bond motifs is 1. The van der Waals surface area contributed by atoms with E-state index in [2.05, 4.69) is 10.3 Å². The first-order valence-electron chi connectivity index (χ1n) is 12.4. The highest BCUT2D eigenvalue weighted by atomic mass is 32.2. The standard InChI is InChI=1S/C30H28N4O5S/c1-18-10-12-21(13-11-18)34-29(36)27-26(22(16-31-27)19-8-6-5-7-9-19)33-30(34)40-17-25(35)32-20-14-23(37-2)28(39-4)24(15-20)38-3/h5-16,31H,17H2,1-4H3,(H,32,35). The molecule has 0 spiro atoms. The summed E-state index contributed by atoms with van der Waals surface area (Å²) in [7, 11) is 4.53. The molecule has 9 nitrogen and oxygen atoms in total. The van der Waals surface area contributed by atoms with Crippen molar-refractivity contribution in [2.45, 2.75) is 12.1 Å². The van der Waals surface area contributed by atoms with Gasteiger partial charge in [-0.1, -0.05) is 59.8 Å². The first-order valence-corrected chi connectivity index (χ1v) is 13.4. The number of amides is 1. The van der Waals surface area contributed by atoms with Crippen LogP contribution in [0.15, 0.2) is 82.9 Å². The Bertz CT molecular complexity index is 1700. The molecule has 10 heteroatoms. The monoisotopic (exact) mass is 556 g/mol. The minimum absolute atomic E-state index is 0.00552. The predicted octanol–water partition coefficient (Wildman–Crippen LogP) is 5.45. The number of aryl methyl sites for hydroxylation is 1. The SMILES string of the molecule is COc1cc(NC(=O)CSc2nc3c(-c4ccccc4)c[nH]c3c(=O)n2-c2ccc(C)cc2)cc(OC)c1OC. The lowest BCUT2D eigenvalue weighted by Gasteiger charge is -2.15. The first-order chi connectivity index (χ1) is 19.4. The number of aromatic nitrogens is 3. The van der Waals surface area contributed by atoms with Crippen molar-refractivity contribution in [3.05, 3.63) is 88.8 Å². The number of nitrogens with one attached hydrogen (secondary N) is 2. The summed E-state index contributed by atoms with van der Waals surface area (Å²) in [6.45, 7) is 1.98. The van der Waals surface area contributed by atoms with Gasteiger partial charge in [-0.25, -0.2) is 4.98 Å². The van der Waals surface area contributed by atoms with Gasteiger partial charge in [0.05, 0.1) is 32.8 Å². The van der Waals surface area contributed by atoms with Crippen LogP contribution in [0.4, 0.5) is 5.69 Å². The molecule has 2 heterocycles. The highest BCUT2D eigenvalue weighted by molar-refractivity contribution is 7.99. The van der Waals surface area contributed by atoms with Crippen molar-refractivity contribution >= 4 is 34.4 Å². The number of hydrogen-bond donors (Lipinski definition) is 2. The van der Waals surface area contributed by atoms with Gasteiger partial charge in [0.25, 0.3) is 5.56 Å². The number of benzene rings is 3. The van der Waals surface area contributed by atoms with E-state index in [1.54, 1.807) is 18.3 Å². The number of rotatable bonds is 9. The van der Waals surface area contributed by atoms with Gasteiger partial charge in [0.15, 0.2) is 16.7 Å². The number of H-pyrrole nitrogens is 1. The third-order valence-electron chi connectivity index (χ3n) is 6.33. The number of thioether (sulfide) groups is 1. The fourth-order valence-electron chi connectivity index (χ4n) is 4.38. The minimum Gasteiger partial charge on any atom is -0.493 e. The van der Waals surface area contributed by atoms with Crippen molar-refractivity contribution < 1.29 is 19.0 Å². The Labute approximate surface area is 235 Å². The molecule has 204 valence electrons. The van der Waals surface area contributed by atoms with Crippen molar-refractivity contribution in [1.29, 1.82) is 0 Å². The highest BCUT2D eigenvalue weighted by Gasteiger charge is 2.20. The van der Waals surface area contributed by atoms with Crippen LogP contribution in [-0.2, 0) is 4.79 Å². The van der Waals surface area contributed by atoms with Gasteiger partial charge in [-0.3, -0.25) is 14.2 Å². The lowest BCUT2D eigenvalue weighted by Crippen LogP contribution is -2.23. The number of hydrogen-bond acceptors (Lipinski definition) is 7. The predicted molar refractivity (Wildman–Crippen MR) is 157 cm³/mol. The van der Waals surface area contributed by atoms with E-state index in [9.17, 15) is 9.59 Å². The van der Waals surface area contributed by atoms with Crippen LogP contribution in [0.5, 0.6) is 17.2 Å². The van der Waals surface area contributed by atoms with E-state index in [0.29, 0.717) is 44.8 Å². The van der Waals surface area contributed by atoms with Gasteiger partial charge in [-0.2, -0.15) is 0 Å². The van der Waals surface area contributed by atoms with Crippen molar-refractivity contribution in [3.8, 4) is 34.1 Å². The summed E-state index contributed by atoms with van der Waals surface area (Å²) < 4.78 is 17.7. The van der Waals surface area contributed by atoms with E-state index >= 15 is 0 Å². The van der Waals surface area contributed by atoms with E-state index in [1.807, 2.05) is 61.5 Å². The minimum atomic E-state index is -0.290. The molecule has 5 aromatic rings. The van der Waals surface area contributed by atoms with Crippen LogP contribution in [0.2, 0.25) is 0 Å². The van der Waals surface area contributed by atoms with Gasteiger partial charge in [0, 0.05) is 29.6 Å². The van der Waals surface area contributed by atoms with Crippen LogP contribution < -0.4 is 25.1 Å². The average Bonchev–Trinajstić information content (AvgIpc) is 3.41. The van der Waals surface area contributed by atoms with Crippen LogP contribution >= 0.6 is 11.8 Å². The molecule has 0 saturated carbocycles. The summed E-state index contributed by atoms with van der Waals surface area (Å²) in [6, 6.07) is 20.6. The molecule has 0 aliphatic heterocycles. The number of aromatic amines is 1. The Morgan fingerprint density at radius 2 is 1.65 bits per heavy atom. The van der Waals surface area contributed by atoms with E-state index < -0.39 is 0 Å². The molecule has 3 aromatic carbocycles. The zero-order valence-corrected chi connectivity index (χ0v) is 23.3. The molecule has 0 saturated heterocycles. The quantitative estimate of drug-likeness (QED) is 0.184. The van der Waals surface area contributed by atoms with Crippen molar-refractivity contribution in [1.82, 2.24) is 14.5 Å². The molecule has 0 fully saturated rings. The molecule has 2 aromatic heterocycles. The maximum Gasteiger partial charge on any atom is 0.283 e. The van der Waals surface area contributed by atoms with Crippen LogP contribution in [0, 0.1) is 6.92 Å². The van der Waals surface area contributed by atoms with E-state index in [-0.39, 0.29) is 17.2 Å². The second kappa shape index (κ2) is 11.6. The van der Waals surface area contributed by atoms with Crippen molar-refractivity contribution in [2.75, 3.05) is 32.4 Å². The van der Waals surface area contributed by atoms with Gasteiger partial charge < -0.3 is 24.5 Å². The average molecular weight is 557 g/mol. The van der Waals surface area contributed by atoms with Crippen molar-refractivity contribution in [3.63, 3.8) is 0 Å². The van der Waals surface area contributed by atoms with Gasteiger partial charge in [0.2, 0.25) is 11.7 Å². The Balaban J connectivity index is 1.50. The Morgan fingerprint density at radius 1 is 0.975 bits per heavy atom. The molecule has 0 atom stereocenters. The number of nitrogens with zero attached hydrogens (tertiary/aromatic N) is 2. The molecule has 40 heavy (non-hydrogen) atoms. The Hall–Kier alpha value is -4.70. The lowest BCUT2D eigenvalue weighted by molar-refractivity contribution is -0.113. The summed E-state index contributed by atoms with van der Waals surface area (Å²) in [5.41, 5.74) is 4.65. The van der Waals surface area contributed by atoms with Gasteiger partial charge in [0.1, 0.15) is 11.0 Å². The van der Waals surface area contributed by atoms with Crippen LogP contribution in [0.1, 0.15) is 5.56 Å². The third kappa shape index (κ3) is 5.26. The van der Waals surface area contributed by atoms with Gasteiger partial charge >= 0.3 is 0 Å². The first kappa shape index (κ1) is 26.9. The van der Waals surface area contributed by atoms with E-state index in [4.69, 9.17) is 19.2 Å². The molecule has 2 N–H and O–H groups in total. The molecular weight excluding hydrogens is 528 g/mol. The molecule has 0 aliphatic rings. The zero-order valence-electron chi connectivity index (χ0n) is 22.5. The summed E-state index contributed by atoms with van der Waals surface area (Å²) in [5, 5.41) is 3.27. The summed E-state index contributed by atoms with van der Waals surface area (Å²) in [4.78, 5) is 34.8. The van der Waals surface area contributed by atoms with Gasteiger partial charge in [-0.05, 0) is 24.6 Å². The largest absolute Gasteiger partial charge is 0.493 e. The maximum absolute atomic E-state index is 13.8. The zero-order chi connectivity index (χ0) is 28.2. The molecule has 5 rings (SSSR count). The molecule has 0 radical (unpaired) electrons. The summed E-state index contributed by atoms with van der Waals surface area (Å²) in [6.07, 6.45) is 1.79. The second-order valence-electron chi connectivity index (χ2n) is 8.91. The van der Waals surface area contributed by atoms with E-state index in [0.717, 1.165) is 16.7 Å². The summed E-state index contributed by atoms with van der Waals surface area (Å²) in [5.74, 6) is 0.988. The summed E-state index contributed by atoms with van der Waals surface area (Å²) >= 11 is 1.18. The molecule has 0 bridgehead atoms. The Morgan fingerprint density at radius 3 is 2.27 bits per heavy atom. The number of anilines is 1. The van der Waals surface area contributed by atoms with Crippen molar-refractivity contribution in [2.24, 2.45) is 0 Å². The molecular formula is C30H28N4O5S. The second-order valence-corrected chi connectivity index (χ2v) is 9.86. The molecule has 0 unspecified atom stereocenters. The Kier molecular flexibility index (Phi) is 7.79. The molecule has 0 aliphatic carbocycles. The fourth-order valence-corrected chi connectivity index (χ4v) is 5.18. The normalized spacial score (nSPS) is 10.9. The maximum atomic E-state index is 13.8. The fraction of sp³-hybridized carbons (Fsp3) is 0.167.